The number of fused-ring (bicyclic) bond motifs is 1. The summed E-state index contributed by atoms with van der Waals surface area (Å²) in [6.45, 7) is 2.45. The number of aryl methyl sites for hydroxylation is 1. The van der Waals surface area contributed by atoms with E-state index in [1.807, 2.05) is 6.92 Å². The summed E-state index contributed by atoms with van der Waals surface area (Å²) < 4.78 is 41.5. The van der Waals surface area contributed by atoms with E-state index in [2.05, 4.69) is 5.32 Å². The standard InChI is InChI=1S/C20H22FN3O4S2/c1-3-23-17-11-10-14(13-18(17)29-20(23)26)22-19(25)9-6-12-24(30(2,27)28)16-8-5-4-7-15(16)21/h4-5,7-8,10-11,13H,3,6,9,12H2,1-2H3,(H,22,25). The lowest BCUT2D eigenvalue weighted by molar-refractivity contribution is -0.116. The maximum Gasteiger partial charge on any atom is 0.308 e. The Morgan fingerprint density at radius 2 is 1.97 bits per heavy atom. The topological polar surface area (TPSA) is 88.5 Å². The Bertz CT molecular complexity index is 1230. The van der Waals surface area contributed by atoms with Crippen LogP contribution in [0.4, 0.5) is 15.8 Å². The zero-order valence-electron chi connectivity index (χ0n) is 16.6. The zero-order chi connectivity index (χ0) is 21.9. The summed E-state index contributed by atoms with van der Waals surface area (Å²) in [6.07, 6.45) is 1.28. The molecule has 30 heavy (non-hydrogen) atoms. The lowest BCUT2D eigenvalue weighted by atomic mass is 10.2. The predicted molar refractivity (Wildman–Crippen MR) is 118 cm³/mol. The van der Waals surface area contributed by atoms with Crippen molar-refractivity contribution in [2.45, 2.75) is 26.3 Å². The van der Waals surface area contributed by atoms with Gasteiger partial charge in [0.1, 0.15) is 5.82 Å². The van der Waals surface area contributed by atoms with Crippen molar-refractivity contribution < 1.29 is 17.6 Å². The fourth-order valence-corrected chi connectivity index (χ4v) is 5.13. The number of nitrogens with one attached hydrogen (secondary N) is 1. The molecular formula is C20H22FN3O4S2. The van der Waals surface area contributed by atoms with Crippen molar-refractivity contribution in [3.63, 3.8) is 0 Å². The molecule has 160 valence electrons. The maximum atomic E-state index is 14.0. The Morgan fingerprint density at radius 3 is 2.63 bits per heavy atom. The van der Waals surface area contributed by atoms with Crippen molar-refractivity contribution in [3.8, 4) is 0 Å². The maximum absolute atomic E-state index is 14.0. The summed E-state index contributed by atoms with van der Waals surface area (Å²) in [6, 6.07) is 10.9. The lowest BCUT2D eigenvalue weighted by Crippen LogP contribution is -2.32. The highest BCUT2D eigenvalue weighted by Gasteiger charge is 2.20. The summed E-state index contributed by atoms with van der Waals surface area (Å²) in [5.41, 5.74) is 1.34. The van der Waals surface area contributed by atoms with Crippen LogP contribution in [-0.4, -0.2) is 31.7 Å². The highest BCUT2D eigenvalue weighted by Crippen LogP contribution is 2.23. The van der Waals surface area contributed by atoms with Crippen molar-refractivity contribution in [1.82, 2.24) is 4.57 Å². The molecule has 7 nitrogen and oxygen atoms in total. The number of nitrogens with zero attached hydrogens (tertiary/aromatic N) is 2. The summed E-state index contributed by atoms with van der Waals surface area (Å²) >= 11 is 1.12. The zero-order valence-corrected chi connectivity index (χ0v) is 18.2. The van der Waals surface area contributed by atoms with Crippen LogP contribution >= 0.6 is 11.3 Å². The highest BCUT2D eigenvalue weighted by atomic mass is 32.2. The monoisotopic (exact) mass is 451 g/mol. The van der Waals surface area contributed by atoms with Crippen LogP contribution in [0.15, 0.2) is 47.3 Å². The highest BCUT2D eigenvalue weighted by molar-refractivity contribution is 7.92. The smallest absolute Gasteiger partial charge is 0.308 e. The lowest BCUT2D eigenvalue weighted by Gasteiger charge is -2.22. The molecular weight excluding hydrogens is 429 g/mol. The minimum Gasteiger partial charge on any atom is -0.326 e. The van der Waals surface area contributed by atoms with Gasteiger partial charge in [0.25, 0.3) is 0 Å². The number of hydrogen-bond donors (Lipinski definition) is 1. The van der Waals surface area contributed by atoms with Gasteiger partial charge in [0, 0.05) is 25.2 Å². The molecule has 0 fully saturated rings. The van der Waals surface area contributed by atoms with Crippen LogP contribution in [-0.2, 0) is 21.4 Å². The van der Waals surface area contributed by atoms with Crippen LogP contribution in [0.1, 0.15) is 19.8 Å². The van der Waals surface area contributed by atoms with Gasteiger partial charge in [-0.2, -0.15) is 0 Å². The Hall–Kier alpha value is -2.72. The molecule has 0 aliphatic rings. The number of benzene rings is 2. The average molecular weight is 452 g/mol. The first-order valence-corrected chi connectivity index (χ1v) is 12.0. The van der Waals surface area contributed by atoms with Gasteiger partial charge < -0.3 is 5.32 Å². The summed E-state index contributed by atoms with van der Waals surface area (Å²) in [7, 11) is -3.69. The van der Waals surface area contributed by atoms with Gasteiger partial charge in [-0.05, 0) is 43.7 Å². The molecule has 1 amide bonds. The molecule has 10 heteroatoms. The Morgan fingerprint density at radius 1 is 1.23 bits per heavy atom. The van der Waals surface area contributed by atoms with Crippen molar-refractivity contribution >= 4 is 48.9 Å². The summed E-state index contributed by atoms with van der Waals surface area (Å²) in [5.74, 6) is -0.933. The van der Waals surface area contributed by atoms with Gasteiger partial charge in [0.2, 0.25) is 15.9 Å². The SMILES string of the molecule is CCn1c(=O)sc2cc(NC(=O)CCCN(c3ccccc3F)S(C)(=O)=O)ccc21. The molecule has 1 aromatic heterocycles. The van der Waals surface area contributed by atoms with Gasteiger partial charge in [-0.1, -0.05) is 23.5 Å². The largest absolute Gasteiger partial charge is 0.326 e. The number of carbonyl (C=O) groups excluding carboxylic acids is 1. The normalized spacial score (nSPS) is 11.6. The number of carbonyl (C=O) groups is 1. The molecule has 0 aliphatic heterocycles. The van der Waals surface area contributed by atoms with Crippen LogP contribution in [0.5, 0.6) is 0 Å². The minimum absolute atomic E-state index is 0.0206. The number of rotatable bonds is 8. The predicted octanol–water partition coefficient (Wildman–Crippen LogP) is 3.41. The van der Waals surface area contributed by atoms with Crippen molar-refractivity contribution in [1.29, 1.82) is 0 Å². The van der Waals surface area contributed by atoms with E-state index in [4.69, 9.17) is 0 Å². The molecule has 0 unspecified atom stereocenters. The Kier molecular flexibility index (Phi) is 6.57. The number of hydrogen-bond acceptors (Lipinski definition) is 5. The minimum atomic E-state index is -3.69. The first-order valence-electron chi connectivity index (χ1n) is 9.36. The van der Waals surface area contributed by atoms with E-state index in [0.717, 1.165) is 32.1 Å². The van der Waals surface area contributed by atoms with Crippen LogP contribution in [0.2, 0.25) is 0 Å². The van der Waals surface area contributed by atoms with Crippen LogP contribution in [0.25, 0.3) is 10.2 Å². The number of amides is 1. The number of halogens is 1. The van der Waals surface area contributed by atoms with E-state index in [9.17, 15) is 22.4 Å². The van der Waals surface area contributed by atoms with Crippen molar-refractivity contribution in [2.24, 2.45) is 0 Å². The molecule has 0 spiro atoms. The molecule has 0 aliphatic carbocycles. The molecule has 3 rings (SSSR count). The Labute approximate surface area is 177 Å². The van der Waals surface area contributed by atoms with E-state index in [1.54, 1.807) is 28.8 Å². The fraction of sp³-hybridized carbons (Fsp3) is 0.300. The van der Waals surface area contributed by atoms with Gasteiger partial charge in [-0.25, -0.2) is 12.8 Å². The molecule has 0 saturated carbocycles. The van der Waals surface area contributed by atoms with Gasteiger partial charge in [0.15, 0.2) is 0 Å². The molecule has 2 aromatic carbocycles. The third-order valence-corrected chi connectivity index (χ3v) is 6.68. The molecule has 0 bridgehead atoms. The third-order valence-electron chi connectivity index (χ3n) is 4.55. The average Bonchev–Trinajstić information content (AvgIpc) is 2.99. The second-order valence-electron chi connectivity index (χ2n) is 6.73. The molecule has 0 atom stereocenters. The second-order valence-corrected chi connectivity index (χ2v) is 9.63. The second kappa shape index (κ2) is 8.97. The molecule has 0 saturated heterocycles. The van der Waals surface area contributed by atoms with E-state index < -0.39 is 15.8 Å². The summed E-state index contributed by atoms with van der Waals surface area (Å²) in [5, 5.41) is 2.76. The van der Waals surface area contributed by atoms with Crippen molar-refractivity contribution in [2.75, 3.05) is 22.4 Å². The molecule has 3 aromatic rings. The number of thiazole rings is 1. The van der Waals surface area contributed by atoms with Gasteiger partial charge >= 0.3 is 4.87 Å². The van der Waals surface area contributed by atoms with E-state index in [0.29, 0.717) is 12.2 Å². The van der Waals surface area contributed by atoms with E-state index in [1.165, 1.54) is 18.2 Å². The van der Waals surface area contributed by atoms with Crippen LogP contribution in [0, 0.1) is 5.82 Å². The van der Waals surface area contributed by atoms with Crippen LogP contribution < -0.4 is 14.5 Å². The number of aromatic nitrogens is 1. The van der Waals surface area contributed by atoms with Crippen LogP contribution in [0.3, 0.4) is 0 Å². The molecule has 1 heterocycles. The number of anilines is 2. The van der Waals surface area contributed by atoms with Gasteiger partial charge in [-0.15, -0.1) is 0 Å². The van der Waals surface area contributed by atoms with E-state index >= 15 is 0 Å². The quantitative estimate of drug-likeness (QED) is 0.569. The van der Waals surface area contributed by atoms with Gasteiger partial charge in [0.05, 0.1) is 22.2 Å². The van der Waals surface area contributed by atoms with Crippen molar-refractivity contribution in [3.05, 3.63) is 57.9 Å². The first-order chi connectivity index (χ1) is 14.2. The first kappa shape index (κ1) is 22.0. The molecule has 0 radical (unpaired) electrons. The summed E-state index contributed by atoms with van der Waals surface area (Å²) in [4.78, 5) is 24.2. The Balaban J connectivity index is 1.64. The van der Waals surface area contributed by atoms with Gasteiger partial charge in [-0.3, -0.25) is 18.5 Å². The molecule has 1 N–H and O–H groups in total. The number of sulfonamides is 1. The number of para-hydroxylation sites is 1. The third kappa shape index (κ3) is 4.88. The van der Waals surface area contributed by atoms with E-state index in [-0.39, 0.29) is 35.9 Å². The fourth-order valence-electron chi connectivity index (χ4n) is 3.17.